The minimum absolute atomic E-state index is 0.0329. The van der Waals surface area contributed by atoms with Crippen LogP contribution < -0.4 is 31.1 Å². The van der Waals surface area contributed by atoms with E-state index in [4.69, 9.17) is 0 Å². The minimum atomic E-state index is -0.774. The minimum Gasteiger partial charge on any atom is -0.370 e. The summed E-state index contributed by atoms with van der Waals surface area (Å²) in [7, 11) is 0. The van der Waals surface area contributed by atoms with Crippen LogP contribution in [-0.4, -0.2) is 118 Å². The van der Waals surface area contributed by atoms with Crippen molar-refractivity contribution < 1.29 is 28.0 Å². The molecule has 4 amide bonds. The Morgan fingerprint density at radius 2 is 1.61 bits per heavy atom. The first-order valence-electron chi connectivity index (χ1n) is 26.7. The number of carbonyl (C=O) groups is 4. The molecule has 0 unspecified atom stereocenters. The molecule has 4 aliphatic heterocycles. The van der Waals surface area contributed by atoms with Gasteiger partial charge < -0.3 is 36.0 Å². The number of nitrogens with zero attached hydrogens (tertiary/aromatic N) is 7. The van der Waals surface area contributed by atoms with E-state index in [-0.39, 0.29) is 47.3 Å². The van der Waals surface area contributed by atoms with Gasteiger partial charge in [-0.25, -0.2) is 23.7 Å². The van der Waals surface area contributed by atoms with Crippen molar-refractivity contribution in [3.8, 4) is 10.4 Å². The van der Waals surface area contributed by atoms with Crippen molar-refractivity contribution in [1.29, 1.82) is 0 Å². The largest absolute Gasteiger partial charge is 0.370 e. The molecule has 4 fully saturated rings. The molecule has 6 heterocycles. The van der Waals surface area contributed by atoms with Gasteiger partial charge in [-0.2, -0.15) is 0 Å². The predicted octanol–water partition coefficient (Wildman–Crippen LogP) is 8.55. The number of nitrogens with one attached hydrogen (secondary N) is 4. The molecule has 0 aliphatic carbocycles. The van der Waals surface area contributed by atoms with Crippen molar-refractivity contribution in [3.05, 3.63) is 82.8 Å². The van der Waals surface area contributed by atoms with Gasteiger partial charge in [-0.3, -0.25) is 24.1 Å². The van der Waals surface area contributed by atoms with E-state index in [9.17, 15) is 19.2 Å². The van der Waals surface area contributed by atoms with E-state index in [0.717, 1.165) is 72.7 Å². The maximum atomic E-state index is 15.7. The predicted molar refractivity (Wildman–Crippen MR) is 288 cm³/mol. The number of anilines is 3. The molecule has 15 nitrogen and oxygen atoms in total. The van der Waals surface area contributed by atoms with Gasteiger partial charge >= 0.3 is 0 Å². The number of unbranched alkanes of at least 4 members (excludes halogenated alkanes) is 3. The number of hydrogen-bond acceptors (Lipinski definition) is 12. The van der Waals surface area contributed by atoms with Crippen LogP contribution >= 0.6 is 11.3 Å². The summed E-state index contributed by atoms with van der Waals surface area (Å²) in [6.45, 7) is 19.0. The summed E-state index contributed by atoms with van der Waals surface area (Å²) in [4.78, 5) is 76.4. The summed E-state index contributed by atoms with van der Waals surface area (Å²) in [5, 5.41) is 12.8. The van der Waals surface area contributed by atoms with Gasteiger partial charge in [-0.05, 0) is 106 Å². The number of thiazole rings is 1. The molecule has 4 saturated heterocycles. The Balaban J connectivity index is 0.744. The van der Waals surface area contributed by atoms with Crippen molar-refractivity contribution in [2.24, 2.45) is 10.8 Å². The number of aryl methyl sites for hydroxylation is 1. The number of aromatic nitrogens is 3. The fourth-order valence-electron chi connectivity index (χ4n) is 10.9. The summed E-state index contributed by atoms with van der Waals surface area (Å²) in [6, 6.07) is 11.0. The average Bonchev–Trinajstić information content (AvgIpc) is 4.04. The van der Waals surface area contributed by atoms with Gasteiger partial charge in [0.15, 0.2) is 0 Å². The van der Waals surface area contributed by atoms with E-state index >= 15 is 8.78 Å². The Labute approximate surface area is 440 Å². The SMILES string of the molecule is Cc1ncsc1-c1ccc([C@H](C)NC(=O)[C@@H]2CCCN2C(=O)[C@@H](NC(=O)CCCCCCNc2cc(N3CCC4(CC3)CN(c3cc(F)c(CN5CCC(C)(C)CC5)cc3F)CC(=O)N4)ncn2)C(C)(C)C)cc1. The first kappa shape index (κ1) is 54.5. The molecule has 8 rings (SSSR count). The van der Waals surface area contributed by atoms with Crippen molar-refractivity contribution in [3.63, 3.8) is 0 Å². The highest BCUT2D eigenvalue weighted by Crippen LogP contribution is 2.35. The first-order valence-corrected chi connectivity index (χ1v) is 27.6. The Hall–Kier alpha value is -5.75. The molecular weight excluding hydrogens is 961 g/mol. The number of piperidine rings is 2. The molecule has 74 heavy (non-hydrogen) atoms. The molecule has 400 valence electrons. The normalized spacial score (nSPS) is 19.8. The van der Waals surface area contributed by atoms with E-state index in [0.29, 0.717) is 89.2 Å². The molecule has 4 aromatic rings. The molecule has 18 heteroatoms. The summed E-state index contributed by atoms with van der Waals surface area (Å²) in [5.74, 6) is -0.275. The Bertz CT molecular complexity index is 2600. The van der Waals surface area contributed by atoms with Crippen LogP contribution in [0.3, 0.4) is 0 Å². The quantitative estimate of drug-likeness (QED) is 0.0706. The zero-order valence-corrected chi connectivity index (χ0v) is 45.3. The van der Waals surface area contributed by atoms with Gasteiger partial charge in [0.1, 0.15) is 41.7 Å². The number of halogens is 2. The lowest BCUT2D eigenvalue weighted by Gasteiger charge is -2.48. The summed E-state index contributed by atoms with van der Waals surface area (Å²) in [6.07, 6.45) is 9.67. The molecule has 1 spiro atoms. The van der Waals surface area contributed by atoms with Gasteiger partial charge in [-0.1, -0.05) is 71.7 Å². The number of carbonyl (C=O) groups excluding carboxylic acids is 4. The highest BCUT2D eigenvalue weighted by atomic mass is 32.1. The van der Waals surface area contributed by atoms with Gasteiger partial charge in [-0.15, -0.1) is 11.3 Å². The molecule has 0 bridgehead atoms. The molecule has 2 aromatic heterocycles. The van der Waals surface area contributed by atoms with Gasteiger partial charge in [0.2, 0.25) is 23.6 Å². The third kappa shape index (κ3) is 13.6. The lowest BCUT2D eigenvalue weighted by atomic mass is 9.82. The molecule has 0 saturated carbocycles. The zero-order chi connectivity index (χ0) is 52.8. The van der Waals surface area contributed by atoms with E-state index in [1.807, 2.05) is 70.5 Å². The van der Waals surface area contributed by atoms with E-state index in [1.165, 1.54) is 12.1 Å². The zero-order valence-electron chi connectivity index (χ0n) is 44.5. The smallest absolute Gasteiger partial charge is 0.246 e. The van der Waals surface area contributed by atoms with Gasteiger partial charge in [0, 0.05) is 63.4 Å². The summed E-state index contributed by atoms with van der Waals surface area (Å²) in [5.41, 5.74) is 4.47. The monoisotopic (exact) mass is 1040 g/mol. The van der Waals surface area contributed by atoms with Crippen LogP contribution in [0.15, 0.2) is 54.3 Å². The lowest BCUT2D eigenvalue weighted by Crippen LogP contribution is -2.66. The number of hydrogen-bond donors (Lipinski definition) is 4. The molecule has 4 aliphatic rings. The fourth-order valence-corrected chi connectivity index (χ4v) is 11.7. The molecule has 0 radical (unpaired) electrons. The average molecular weight is 1040 g/mol. The number of likely N-dealkylation sites (tertiary alicyclic amines) is 2. The molecule has 2 aromatic carbocycles. The van der Waals surface area contributed by atoms with Crippen LogP contribution in [0.25, 0.3) is 10.4 Å². The van der Waals surface area contributed by atoms with Crippen LogP contribution in [0.4, 0.5) is 26.1 Å². The maximum Gasteiger partial charge on any atom is 0.246 e. The third-order valence-corrected chi connectivity index (χ3v) is 16.6. The van der Waals surface area contributed by atoms with Gasteiger partial charge in [0.25, 0.3) is 0 Å². The first-order chi connectivity index (χ1) is 35.3. The highest BCUT2D eigenvalue weighted by Gasteiger charge is 2.44. The second-order valence-electron chi connectivity index (χ2n) is 23.0. The topological polar surface area (TPSA) is 168 Å². The van der Waals surface area contributed by atoms with Gasteiger partial charge in [0.05, 0.1) is 39.9 Å². The highest BCUT2D eigenvalue weighted by molar-refractivity contribution is 7.13. The Kier molecular flexibility index (Phi) is 17.3. The number of piperazine rings is 1. The second-order valence-corrected chi connectivity index (χ2v) is 23.9. The molecule has 3 atom stereocenters. The summed E-state index contributed by atoms with van der Waals surface area (Å²) >= 11 is 1.60. The number of amides is 4. The van der Waals surface area contributed by atoms with E-state index in [1.54, 1.807) is 27.5 Å². The van der Waals surface area contributed by atoms with E-state index < -0.39 is 34.7 Å². The van der Waals surface area contributed by atoms with Crippen LogP contribution in [-0.2, 0) is 25.7 Å². The van der Waals surface area contributed by atoms with Crippen LogP contribution in [0, 0.1) is 29.4 Å². The standard InChI is InChI=1S/C56H77F2N11O4S/c1-37(39-15-17-40(18-16-39)50-38(2)62-36-74-50)63-52(72)44-13-12-24-69(44)53(73)51(54(3,4)5)64-48(70)14-10-8-9-11-23-59-46-31-47(61-35-60-46)67-27-21-56(22-28-67)34-68(33-49(71)65-56)45-30-42(57)41(29-43(45)58)32-66-25-19-55(6,7)20-26-66/h15-18,29-31,35-37,44,51H,8-14,19-28,32-34H2,1-7H3,(H,63,72)(H,64,70)(H,65,71)(H,59,60,61)/t37-,44-,51+/m0/s1. The number of benzene rings is 2. The van der Waals surface area contributed by atoms with Crippen molar-refractivity contribution in [2.75, 3.05) is 67.5 Å². The molecular formula is C56H77F2N11O4S. The second kappa shape index (κ2) is 23.4. The third-order valence-electron chi connectivity index (χ3n) is 15.7. The number of rotatable bonds is 18. The van der Waals surface area contributed by atoms with Crippen LogP contribution in [0.2, 0.25) is 0 Å². The molecule has 4 N–H and O–H groups in total. The van der Waals surface area contributed by atoms with E-state index in [2.05, 4.69) is 59.9 Å². The lowest BCUT2D eigenvalue weighted by molar-refractivity contribution is -0.144. The van der Waals surface area contributed by atoms with Crippen molar-refractivity contribution in [2.45, 2.75) is 149 Å². The summed E-state index contributed by atoms with van der Waals surface area (Å²) < 4.78 is 31.2. The fraction of sp³-hybridized carbons (Fsp3) is 0.589. The van der Waals surface area contributed by atoms with Crippen LogP contribution in [0.1, 0.15) is 135 Å². The Morgan fingerprint density at radius 1 is 0.878 bits per heavy atom. The Morgan fingerprint density at radius 3 is 2.31 bits per heavy atom. The van der Waals surface area contributed by atoms with Crippen LogP contribution in [0.5, 0.6) is 0 Å². The maximum absolute atomic E-state index is 15.7. The van der Waals surface area contributed by atoms with Crippen molar-refractivity contribution in [1.82, 2.24) is 40.7 Å². The van der Waals surface area contributed by atoms with Crippen molar-refractivity contribution >= 4 is 52.3 Å².